The molecule has 0 saturated carbocycles. The van der Waals surface area contributed by atoms with E-state index in [2.05, 4.69) is 0 Å². The topological polar surface area (TPSA) is 63.3 Å². The molecule has 0 saturated heterocycles. The van der Waals surface area contributed by atoms with Gasteiger partial charge in [-0.25, -0.2) is 4.39 Å². The van der Waals surface area contributed by atoms with E-state index in [0.29, 0.717) is 16.8 Å². The first-order chi connectivity index (χ1) is 8.94. The molecule has 3 nitrogen and oxygen atoms in total. The van der Waals surface area contributed by atoms with Gasteiger partial charge in [-0.1, -0.05) is 24.3 Å². The van der Waals surface area contributed by atoms with Crippen molar-refractivity contribution in [2.45, 2.75) is 12.3 Å². The average Bonchev–Trinajstić information content (AvgIpc) is 2.39. The number of carboxylic acid groups (broad SMARTS) is 1. The lowest BCUT2D eigenvalue weighted by atomic mass is 9.76. The van der Waals surface area contributed by atoms with E-state index in [4.69, 9.17) is 5.73 Å². The molecule has 0 amide bonds. The van der Waals surface area contributed by atoms with Crippen molar-refractivity contribution in [3.05, 3.63) is 65.5 Å². The van der Waals surface area contributed by atoms with E-state index in [1.807, 2.05) is 0 Å². The molecular weight excluding hydrogens is 245 g/mol. The van der Waals surface area contributed by atoms with Gasteiger partial charge in [-0.3, -0.25) is 4.79 Å². The Morgan fingerprint density at radius 3 is 1.89 bits per heavy atom. The molecule has 2 aromatic rings. The van der Waals surface area contributed by atoms with Gasteiger partial charge in [0.15, 0.2) is 0 Å². The van der Waals surface area contributed by atoms with Crippen LogP contribution in [-0.4, -0.2) is 11.1 Å². The number of aliphatic carboxylic acids is 1. The summed E-state index contributed by atoms with van der Waals surface area (Å²) in [6.45, 7) is 1.59. The molecule has 4 heteroatoms. The molecule has 1 unspecified atom stereocenters. The van der Waals surface area contributed by atoms with Crippen LogP contribution in [0.4, 0.5) is 10.1 Å². The summed E-state index contributed by atoms with van der Waals surface area (Å²) in [6.07, 6.45) is 0. The van der Waals surface area contributed by atoms with Crippen LogP contribution in [0.2, 0.25) is 0 Å². The van der Waals surface area contributed by atoms with Gasteiger partial charge >= 0.3 is 5.97 Å². The van der Waals surface area contributed by atoms with Crippen LogP contribution in [-0.2, 0) is 10.2 Å². The van der Waals surface area contributed by atoms with E-state index in [1.54, 1.807) is 31.2 Å². The van der Waals surface area contributed by atoms with Gasteiger partial charge in [0.1, 0.15) is 11.2 Å². The number of benzene rings is 2. The number of carbonyl (C=O) groups is 1. The molecule has 0 fully saturated rings. The second-order valence-corrected chi connectivity index (χ2v) is 4.56. The highest BCUT2D eigenvalue weighted by molar-refractivity contribution is 5.85. The molecule has 0 heterocycles. The van der Waals surface area contributed by atoms with Gasteiger partial charge < -0.3 is 10.8 Å². The van der Waals surface area contributed by atoms with Crippen LogP contribution in [0.5, 0.6) is 0 Å². The largest absolute Gasteiger partial charge is 0.480 e. The van der Waals surface area contributed by atoms with Crippen molar-refractivity contribution in [3.8, 4) is 0 Å². The predicted octanol–water partition coefficient (Wildman–Crippen LogP) is 2.80. The molecule has 98 valence electrons. The normalized spacial score (nSPS) is 13.8. The highest BCUT2D eigenvalue weighted by Gasteiger charge is 2.37. The standard InChI is InChI=1S/C15H14FNO2/c1-15(14(18)19,10-2-6-12(16)7-3-10)11-4-8-13(17)9-5-11/h2-9H,17H2,1H3,(H,18,19). The third-order valence-electron chi connectivity index (χ3n) is 3.34. The summed E-state index contributed by atoms with van der Waals surface area (Å²) in [7, 11) is 0. The highest BCUT2D eigenvalue weighted by atomic mass is 19.1. The van der Waals surface area contributed by atoms with Crippen molar-refractivity contribution in [2.75, 3.05) is 5.73 Å². The van der Waals surface area contributed by atoms with Crippen molar-refractivity contribution >= 4 is 11.7 Å². The SMILES string of the molecule is CC(C(=O)O)(c1ccc(N)cc1)c1ccc(F)cc1. The van der Waals surface area contributed by atoms with Gasteiger partial charge in [0.2, 0.25) is 0 Å². The highest BCUT2D eigenvalue weighted by Crippen LogP contribution is 2.32. The van der Waals surface area contributed by atoms with Gasteiger partial charge in [0.25, 0.3) is 0 Å². The molecule has 0 aliphatic carbocycles. The third-order valence-corrected chi connectivity index (χ3v) is 3.34. The third kappa shape index (κ3) is 2.29. The van der Waals surface area contributed by atoms with E-state index in [9.17, 15) is 14.3 Å². The number of anilines is 1. The van der Waals surface area contributed by atoms with Crippen LogP contribution in [0.25, 0.3) is 0 Å². The molecule has 0 aromatic heterocycles. The lowest BCUT2D eigenvalue weighted by Crippen LogP contribution is -2.33. The Morgan fingerprint density at radius 2 is 1.47 bits per heavy atom. The van der Waals surface area contributed by atoms with E-state index in [1.165, 1.54) is 24.3 Å². The van der Waals surface area contributed by atoms with E-state index in [0.717, 1.165) is 0 Å². The smallest absolute Gasteiger partial charge is 0.318 e. The van der Waals surface area contributed by atoms with Crippen LogP contribution in [0.1, 0.15) is 18.1 Å². The number of nitrogens with two attached hydrogens (primary N) is 1. The zero-order valence-corrected chi connectivity index (χ0v) is 10.4. The van der Waals surface area contributed by atoms with Crippen LogP contribution in [0.3, 0.4) is 0 Å². The summed E-state index contributed by atoms with van der Waals surface area (Å²) < 4.78 is 13.0. The van der Waals surface area contributed by atoms with Gasteiger partial charge in [0.05, 0.1) is 0 Å². The van der Waals surface area contributed by atoms with Crippen LogP contribution in [0.15, 0.2) is 48.5 Å². The molecular formula is C15H14FNO2. The first kappa shape index (κ1) is 13.1. The maximum Gasteiger partial charge on any atom is 0.318 e. The van der Waals surface area contributed by atoms with Crippen molar-refractivity contribution < 1.29 is 14.3 Å². The summed E-state index contributed by atoms with van der Waals surface area (Å²) in [4.78, 5) is 11.7. The molecule has 0 spiro atoms. The summed E-state index contributed by atoms with van der Waals surface area (Å²) in [5, 5.41) is 9.55. The lowest BCUT2D eigenvalue weighted by Gasteiger charge is -2.26. The van der Waals surface area contributed by atoms with Gasteiger partial charge in [-0.2, -0.15) is 0 Å². The summed E-state index contributed by atoms with van der Waals surface area (Å²) in [5.41, 5.74) is 6.06. The molecule has 2 aromatic carbocycles. The molecule has 0 aliphatic rings. The predicted molar refractivity (Wildman–Crippen MR) is 71.3 cm³/mol. The first-order valence-electron chi connectivity index (χ1n) is 5.80. The van der Waals surface area contributed by atoms with E-state index < -0.39 is 17.2 Å². The Morgan fingerprint density at radius 1 is 1.05 bits per heavy atom. The number of hydrogen-bond donors (Lipinski definition) is 2. The molecule has 0 bridgehead atoms. The Bertz CT molecular complexity index is 545. The molecule has 19 heavy (non-hydrogen) atoms. The zero-order valence-electron chi connectivity index (χ0n) is 10.4. The molecule has 1 atom stereocenters. The van der Waals surface area contributed by atoms with Crippen LogP contribution >= 0.6 is 0 Å². The Hall–Kier alpha value is -2.36. The van der Waals surface area contributed by atoms with Crippen molar-refractivity contribution in [1.29, 1.82) is 0 Å². The minimum Gasteiger partial charge on any atom is -0.480 e. The maximum absolute atomic E-state index is 13.0. The van der Waals surface area contributed by atoms with E-state index >= 15 is 0 Å². The van der Waals surface area contributed by atoms with Crippen molar-refractivity contribution in [2.24, 2.45) is 0 Å². The van der Waals surface area contributed by atoms with Gasteiger partial charge in [-0.15, -0.1) is 0 Å². The number of rotatable bonds is 3. The lowest BCUT2D eigenvalue weighted by molar-refractivity contribution is -0.141. The summed E-state index contributed by atoms with van der Waals surface area (Å²) in [5.74, 6) is -1.39. The maximum atomic E-state index is 13.0. The number of hydrogen-bond acceptors (Lipinski definition) is 2. The van der Waals surface area contributed by atoms with Crippen LogP contribution in [0, 0.1) is 5.82 Å². The fraction of sp³-hybridized carbons (Fsp3) is 0.133. The monoisotopic (exact) mass is 259 g/mol. The Labute approximate surface area is 110 Å². The fourth-order valence-electron chi connectivity index (χ4n) is 2.01. The Balaban J connectivity index is 2.57. The van der Waals surface area contributed by atoms with Crippen molar-refractivity contribution in [3.63, 3.8) is 0 Å². The number of carboxylic acids is 1. The summed E-state index contributed by atoms with van der Waals surface area (Å²) >= 11 is 0. The van der Waals surface area contributed by atoms with E-state index in [-0.39, 0.29) is 0 Å². The van der Waals surface area contributed by atoms with Crippen LogP contribution < -0.4 is 5.73 Å². The minimum absolute atomic E-state index is 0.395. The Kier molecular flexibility index (Phi) is 3.25. The van der Waals surface area contributed by atoms with Gasteiger partial charge in [-0.05, 0) is 42.3 Å². The first-order valence-corrected chi connectivity index (χ1v) is 5.80. The zero-order chi connectivity index (χ0) is 14.0. The second kappa shape index (κ2) is 4.72. The minimum atomic E-state index is -1.23. The molecule has 0 aliphatic heterocycles. The van der Waals surface area contributed by atoms with Gasteiger partial charge in [0, 0.05) is 5.69 Å². The molecule has 0 radical (unpaired) electrons. The second-order valence-electron chi connectivity index (χ2n) is 4.56. The molecule has 2 rings (SSSR count). The van der Waals surface area contributed by atoms with Crippen molar-refractivity contribution in [1.82, 2.24) is 0 Å². The average molecular weight is 259 g/mol. The summed E-state index contributed by atoms with van der Waals surface area (Å²) in [6, 6.07) is 12.1. The molecule has 3 N–H and O–H groups in total. The number of halogens is 1. The number of nitrogen functional groups attached to an aromatic ring is 1. The quantitative estimate of drug-likeness (QED) is 0.833. The fourth-order valence-corrected chi connectivity index (χ4v) is 2.01.